The van der Waals surface area contributed by atoms with Gasteiger partial charge in [0, 0.05) is 19.6 Å². The zero-order valence-corrected chi connectivity index (χ0v) is 17.9. The van der Waals surface area contributed by atoms with Gasteiger partial charge in [0.1, 0.15) is 13.2 Å². The molecule has 1 aliphatic rings. The molecule has 2 unspecified atom stereocenters. The third kappa shape index (κ3) is 8.79. The van der Waals surface area contributed by atoms with Gasteiger partial charge >= 0.3 is 11.9 Å². The molecular formula is C20H30N2O9. The number of benzene rings is 1. The second-order valence-electron chi connectivity index (χ2n) is 7.00. The molecule has 0 aromatic heterocycles. The maximum Gasteiger partial charge on any atom is 0.335 e. The van der Waals surface area contributed by atoms with Gasteiger partial charge in [0.25, 0.3) is 0 Å². The van der Waals surface area contributed by atoms with Crippen LogP contribution in [0.15, 0.2) is 18.2 Å². The highest BCUT2D eigenvalue weighted by atomic mass is 16.6. The van der Waals surface area contributed by atoms with Crippen molar-refractivity contribution < 1.29 is 44.3 Å². The zero-order valence-electron chi connectivity index (χ0n) is 17.9. The first-order valence-electron chi connectivity index (χ1n) is 9.69. The number of carbonyl (C=O) groups is 3. The largest absolute Gasteiger partial charge is 0.486 e. The van der Waals surface area contributed by atoms with Crippen molar-refractivity contribution in [2.45, 2.75) is 25.6 Å². The normalized spacial score (nSPS) is 14.1. The number of rotatable bonds is 9. The van der Waals surface area contributed by atoms with Crippen LogP contribution in [0.5, 0.6) is 11.5 Å². The average Bonchev–Trinajstić information content (AvgIpc) is 2.73. The Labute approximate surface area is 180 Å². The van der Waals surface area contributed by atoms with Crippen LogP contribution in [-0.2, 0) is 20.8 Å². The first-order chi connectivity index (χ1) is 14.6. The second-order valence-corrected chi connectivity index (χ2v) is 7.00. The number of fused-ring (bicyclic) bond motifs is 1. The van der Waals surface area contributed by atoms with Gasteiger partial charge in [0.05, 0.1) is 6.42 Å². The van der Waals surface area contributed by atoms with Gasteiger partial charge in [-0.15, -0.1) is 0 Å². The highest BCUT2D eigenvalue weighted by Crippen LogP contribution is 2.30. The van der Waals surface area contributed by atoms with Crippen molar-refractivity contribution in [1.82, 2.24) is 9.80 Å². The predicted octanol–water partition coefficient (Wildman–Crippen LogP) is -0.712. The van der Waals surface area contributed by atoms with Crippen LogP contribution in [0.2, 0.25) is 0 Å². The molecule has 0 fully saturated rings. The van der Waals surface area contributed by atoms with Crippen LogP contribution in [0.4, 0.5) is 0 Å². The van der Waals surface area contributed by atoms with E-state index in [0.717, 1.165) is 36.7 Å². The Kier molecular flexibility index (Phi) is 10.7. The Hall–Kier alpha value is -2.89. The summed E-state index contributed by atoms with van der Waals surface area (Å²) in [5, 5.41) is 32.5. The molecule has 4 N–H and O–H groups in total. The number of carbonyl (C=O) groups excluding carboxylic acids is 1. The van der Waals surface area contributed by atoms with Gasteiger partial charge in [0.15, 0.2) is 23.7 Å². The Morgan fingerprint density at radius 2 is 1.52 bits per heavy atom. The van der Waals surface area contributed by atoms with E-state index in [4.69, 9.17) is 29.9 Å². The lowest BCUT2D eigenvalue weighted by atomic mass is 10.1. The summed E-state index contributed by atoms with van der Waals surface area (Å²) in [6.45, 7) is 5.52. The van der Waals surface area contributed by atoms with Crippen LogP contribution in [0.3, 0.4) is 0 Å². The molecule has 1 heterocycles. The number of aliphatic hydroxyl groups excluding tert-OH is 2. The average molecular weight is 442 g/mol. The highest BCUT2D eigenvalue weighted by Gasteiger charge is 2.29. The summed E-state index contributed by atoms with van der Waals surface area (Å²) in [6.07, 6.45) is -4.13. The molecule has 1 amide bonds. The van der Waals surface area contributed by atoms with E-state index in [1.165, 1.54) is 0 Å². The number of carboxylic acids is 2. The number of hydrogen-bond donors (Lipinski definition) is 4. The van der Waals surface area contributed by atoms with Crippen LogP contribution < -0.4 is 9.47 Å². The predicted molar refractivity (Wildman–Crippen MR) is 109 cm³/mol. The fourth-order valence-corrected chi connectivity index (χ4v) is 2.53. The van der Waals surface area contributed by atoms with Crippen molar-refractivity contribution in [2.24, 2.45) is 0 Å². The summed E-state index contributed by atoms with van der Waals surface area (Å²) >= 11 is 0. The number of aliphatic hydroxyl groups is 2. The minimum atomic E-state index is -2.27. The molecule has 0 spiro atoms. The summed E-state index contributed by atoms with van der Waals surface area (Å²) in [4.78, 5) is 35.9. The second kappa shape index (κ2) is 12.7. The van der Waals surface area contributed by atoms with Crippen LogP contribution >= 0.6 is 0 Å². The van der Waals surface area contributed by atoms with Gasteiger partial charge in [-0.25, -0.2) is 9.59 Å². The summed E-state index contributed by atoms with van der Waals surface area (Å²) in [5.41, 5.74) is 0.965. The Bertz CT molecular complexity index is 736. The number of amides is 1. The number of ether oxygens (including phenoxy) is 2. The lowest BCUT2D eigenvalue weighted by molar-refractivity contribution is -0.165. The van der Waals surface area contributed by atoms with Crippen molar-refractivity contribution in [3.05, 3.63) is 23.8 Å². The first kappa shape index (κ1) is 26.1. The SMILES string of the molecule is CCN(CCN(C)C)C(=O)Cc1ccc2c(c1)OCCO2.O=C(O)C(O)C(O)C(=O)O. The highest BCUT2D eigenvalue weighted by molar-refractivity contribution is 5.83. The smallest absolute Gasteiger partial charge is 0.335 e. The Balaban J connectivity index is 0.000000407. The molecular weight excluding hydrogens is 412 g/mol. The third-order valence-electron chi connectivity index (χ3n) is 4.32. The van der Waals surface area contributed by atoms with E-state index in [0.29, 0.717) is 19.6 Å². The fraction of sp³-hybridized carbons (Fsp3) is 0.550. The lowest BCUT2D eigenvalue weighted by Crippen LogP contribution is -2.39. The molecule has 2 atom stereocenters. The van der Waals surface area contributed by atoms with Crippen LogP contribution in [0, 0.1) is 0 Å². The quantitative estimate of drug-likeness (QED) is 0.385. The number of nitrogens with zero attached hydrogens (tertiary/aromatic N) is 2. The zero-order chi connectivity index (χ0) is 23.6. The van der Waals surface area contributed by atoms with Gasteiger partial charge in [-0.05, 0) is 38.7 Å². The molecule has 1 aromatic rings. The summed E-state index contributed by atoms with van der Waals surface area (Å²) in [6, 6.07) is 5.73. The van der Waals surface area contributed by atoms with Crippen molar-refractivity contribution >= 4 is 17.8 Å². The van der Waals surface area contributed by atoms with E-state index < -0.39 is 24.1 Å². The van der Waals surface area contributed by atoms with E-state index in [9.17, 15) is 14.4 Å². The standard InChI is InChI=1S/C16H24N2O3.C4H6O6/c1-4-18(8-7-17(2)3)16(19)12-13-5-6-14-15(11-13)21-10-9-20-14;5-1(3(7)8)2(6)4(9)10/h5-6,11H,4,7-10,12H2,1-3H3;1-2,5-6H,(H,7,8)(H,9,10). The molecule has 0 aliphatic carbocycles. The molecule has 174 valence electrons. The van der Waals surface area contributed by atoms with E-state index in [1.807, 2.05) is 44.1 Å². The molecule has 2 rings (SSSR count). The maximum atomic E-state index is 12.4. The maximum absolute atomic E-state index is 12.4. The lowest BCUT2D eigenvalue weighted by Gasteiger charge is -2.23. The number of aliphatic carboxylic acids is 2. The van der Waals surface area contributed by atoms with Crippen molar-refractivity contribution in [1.29, 1.82) is 0 Å². The topological polar surface area (TPSA) is 157 Å². The molecule has 11 nitrogen and oxygen atoms in total. The minimum absolute atomic E-state index is 0.149. The summed E-state index contributed by atoms with van der Waals surface area (Å²) in [5.74, 6) is -1.89. The first-order valence-corrected chi connectivity index (χ1v) is 9.69. The molecule has 11 heteroatoms. The van der Waals surface area contributed by atoms with E-state index >= 15 is 0 Å². The Morgan fingerprint density at radius 1 is 0.968 bits per heavy atom. The number of likely N-dealkylation sites (N-methyl/N-ethyl adjacent to an activating group) is 2. The van der Waals surface area contributed by atoms with Gasteiger partial charge < -0.3 is 39.7 Å². The molecule has 0 saturated heterocycles. The van der Waals surface area contributed by atoms with Gasteiger partial charge in [-0.1, -0.05) is 6.07 Å². The fourth-order valence-electron chi connectivity index (χ4n) is 2.53. The van der Waals surface area contributed by atoms with E-state index in [1.54, 1.807) is 0 Å². The molecule has 1 aromatic carbocycles. The van der Waals surface area contributed by atoms with Crippen LogP contribution in [-0.4, -0.2) is 107 Å². The molecule has 0 radical (unpaired) electrons. The van der Waals surface area contributed by atoms with E-state index in [-0.39, 0.29) is 5.91 Å². The van der Waals surface area contributed by atoms with E-state index in [2.05, 4.69) is 4.90 Å². The molecule has 0 bridgehead atoms. The molecule has 0 saturated carbocycles. The van der Waals surface area contributed by atoms with Gasteiger partial charge in [-0.3, -0.25) is 4.79 Å². The van der Waals surface area contributed by atoms with Gasteiger partial charge in [0.2, 0.25) is 5.91 Å². The van der Waals surface area contributed by atoms with Crippen molar-refractivity contribution in [3.63, 3.8) is 0 Å². The van der Waals surface area contributed by atoms with Crippen LogP contribution in [0.25, 0.3) is 0 Å². The molecule has 31 heavy (non-hydrogen) atoms. The summed E-state index contributed by atoms with van der Waals surface area (Å²) < 4.78 is 11.0. The number of carboxylic acid groups (broad SMARTS) is 2. The van der Waals surface area contributed by atoms with Crippen molar-refractivity contribution in [3.8, 4) is 11.5 Å². The Morgan fingerprint density at radius 3 is 2.00 bits per heavy atom. The summed E-state index contributed by atoms with van der Waals surface area (Å²) in [7, 11) is 4.03. The third-order valence-corrected chi connectivity index (χ3v) is 4.32. The minimum Gasteiger partial charge on any atom is -0.486 e. The number of hydrogen-bond acceptors (Lipinski definition) is 8. The van der Waals surface area contributed by atoms with Crippen molar-refractivity contribution in [2.75, 3.05) is 46.9 Å². The van der Waals surface area contributed by atoms with Crippen LogP contribution in [0.1, 0.15) is 12.5 Å². The molecule has 1 aliphatic heterocycles. The van der Waals surface area contributed by atoms with Gasteiger partial charge in [-0.2, -0.15) is 0 Å². The monoisotopic (exact) mass is 442 g/mol.